The van der Waals surface area contributed by atoms with Gasteiger partial charge >= 0.3 is 6.09 Å². The maximum atomic E-state index is 12.9. The van der Waals surface area contributed by atoms with Crippen LogP contribution < -0.4 is 0 Å². The van der Waals surface area contributed by atoms with E-state index >= 15 is 0 Å². The molecule has 0 unspecified atom stereocenters. The van der Waals surface area contributed by atoms with Gasteiger partial charge in [-0.25, -0.2) is 14.1 Å². The van der Waals surface area contributed by atoms with Crippen molar-refractivity contribution < 1.29 is 18.7 Å². The van der Waals surface area contributed by atoms with Crippen LogP contribution in [0, 0.1) is 5.82 Å². The summed E-state index contributed by atoms with van der Waals surface area (Å²) in [4.78, 5) is 24.6. The minimum Gasteiger partial charge on any atom is -0.443 e. The number of carbonyl (C=O) groups is 2. The summed E-state index contributed by atoms with van der Waals surface area (Å²) in [7, 11) is 0. The monoisotopic (exact) mass is 265 g/mol. The van der Waals surface area contributed by atoms with Gasteiger partial charge in [0.2, 0.25) is 5.91 Å². The molecule has 4 nitrogen and oxygen atoms in total. The lowest BCUT2D eigenvalue weighted by molar-refractivity contribution is -0.144. The summed E-state index contributed by atoms with van der Waals surface area (Å²) in [6, 6.07) is 5.41. The van der Waals surface area contributed by atoms with Gasteiger partial charge in [-0.3, -0.25) is 4.79 Å². The Bertz CT molecular complexity index is 504. The molecule has 5 heteroatoms. The first-order valence-electron chi connectivity index (χ1n) is 6.08. The lowest BCUT2D eigenvalue weighted by Gasteiger charge is -2.39. The molecule has 1 fully saturated rings. The van der Waals surface area contributed by atoms with Crippen molar-refractivity contribution in [2.75, 3.05) is 0 Å². The van der Waals surface area contributed by atoms with Crippen LogP contribution in [0.1, 0.15) is 38.8 Å². The van der Waals surface area contributed by atoms with Crippen molar-refractivity contribution in [3.8, 4) is 0 Å². The molecule has 19 heavy (non-hydrogen) atoms. The molecule has 1 saturated heterocycles. The summed E-state index contributed by atoms with van der Waals surface area (Å²) < 4.78 is 18.0. The zero-order valence-corrected chi connectivity index (χ0v) is 11.1. The predicted octanol–water partition coefficient (Wildman–Crippen LogP) is 3.03. The largest absolute Gasteiger partial charge is 0.443 e. The van der Waals surface area contributed by atoms with Crippen LogP contribution in [0.2, 0.25) is 0 Å². The second-order valence-electron chi connectivity index (χ2n) is 5.52. The summed E-state index contributed by atoms with van der Waals surface area (Å²) in [6.07, 6.45) is -0.414. The van der Waals surface area contributed by atoms with Gasteiger partial charge in [-0.15, -0.1) is 0 Å². The molecule has 1 aliphatic rings. The number of carbonyl (C=O) groups excluding carboxylic acids is 2. The number of hydrogen-bond acceptors (Lipinski definition) is 3. The fourth-order valence-electron chi connectivity index (χ4n) is 1.91. The Morgan fingerprint density at radius 2 is 1.89 bits per heavy atom. The summed E-state index contributed by atoms with van der Waals surface area (Å²) >= 11 is 0. The number of benzene rings is 1. The van der Waals surface area contributed by atoms with Crippen molar-refractivity contribution in [3.63, 3.8) is 0 Å². The second-order valence-corrected chi connectivity index (χ2v) is 5.52. The normalized spacial score (nSPS) is 19.1. The number of rotatable bonds is 1. The number of hydrogen-bond donors (Lipinski definition) is 0. The molecule has 0 spiro atoms. The molecule has 0 aliphatic carbocycles. The van der Waals surface area contributed by atoms with Gasteiger partial charge in [0.25, 0.3) is 0 Å². The Hall–Kier alpha value is -1.91. The van der Waals surface area contributed by atoms with E-state index in [0.29, 0.717) is 0 Å². The molecule has 1 atom stereocenters. The Balaban J connectivity index is 2.13. The average Bonchev–Trinajstić information content (AvgIpc) is 2.24. The molecule has 102 valence electrons. The fourth-order valence-corrected chi connectivity index (χ4v) is 1.91. The molecular formula is C14H16FNO3. The Kier molecular flexibility index (Phi) is 3.30. The highest BCUT2D eigenvalue weighted by Gasteiger charge is 2.43. The summed E-state index contributed by atoms with van der Waals surface area (Å²) in [6.45, 7) is 5.21. The van der Waals surface area contributed by atoms with Gasteiger partial charge in [0.05, 0.1) is 12.5 Å². The van der Waals surface area contributed by atoms with Gasteiger partial charge in [0, 0.05) is 0 Å². The average molecular weight is 265 g/mol. The first-order chi connectivity index (χ1) is 8.78. The zero-order valence-electron chi connectivity index (χ0n) is 11.1. The summed E-state index contributed by atoms with van der Waals surface area (Å²) in [5.74, 6) is -0.623. The van der Waals surface area contributed by atoms with Crippen molar-refractivity contribution in [3.05, 3.63) is 35.6 Å². The smallest absolute Gasteiger partial charge is 0.417 e. The minimum atomic E-state index is -0.655. The highest BCUT2D eigenvalue weighted by Crippen LogP contribution is 2.35. The van der Waals surface area contributed by atoms with Crippen molar-refractivity contribution in [2.24, 2.45) is 0 Å². The number of likely N-dealkylation sites (tertiary alicyclic amines) is 1. The standard InChI is InChI=1S/C14H16FNO3/c1-14(2,3)19-13(18)16-11(8-12(16)17)9-4-6-10(15)7-5-9/h4-7,11H,8H2,1-3H3/t11-/m0/s1. The van der Waals surface area contributed by atoms with Crippen molar-refractivity contribution >= 4 is 12.0 Å². The van der Waals surface area contributed by atoms with Crippen LogP contribution in [0.5, 0.6) is 0 Å². The SMILES string of the molecule is CC(C)(C)OC(=O)N1C(=O)C[C@H]1c1ccc(F)cc1. The molecule has 1 aliphatic heterocycles. The molecule has 1 aromatic rings. The van der Waals surface area contributed by atoms with Crippen molar-refractivity contribution in [1.29, 1.82) is 0 Å². The zero-order chi connectivity index (χ0) is 14.2. The van der Waals surface area contributed by atoms with E-state index in [2.05, 4.69) is 0 Å². The molecule has 0 N–H and O–H groups in total. The Morgan fingerprint density at radius 1 is 1.32 bits per heavy atom. The van der Waals surface area contributed by atoms with E-state index in [4.69, 9.17) is 4.74 Å². The van der Waals surface area contributed by atoms with E-state index in [1.165, 1.54) is 12.1 Å². The van der Waals surface area contributed by atoms with Crippen LogP contribution in [0.15, 0.2) is 24.3 Å². The lowest BCUT2D eigenvalue weighted by Crippen LogP contribution is -2.51. The third-order valence-electron chi connectivity index (χ3n) is 2.79. The fraction of sp³-hybridized carbons (Fsp3) is 0.429. The van der Waals surface area contributed by atoms with E-state index in [-0.39, 0.29) is 24.2 Å². The van der Waals surface area contributed by atoms with Gasteiger partial charge < -0.3 is 4.74 Å². The molecular weight excluding hydrogens is 249 g/mol. The molecule has 0 aromatic heterocycles. The van der Waals surface area contributed by atoms with E-state index in [0.717, 1.165) is 10.5 Å². The maximum Gasteiger partial charge on any atom is 0.417 e. The van der Waals surface area contributed by atoms with E-state index in [9.17, 15) is 14.0 Å². The number of nitrogens with zero attached hydrogens (tertiary/aromatic N) is 1. The molecule has 0 radical (unpaired) electrons. The number of ether oxygens (including phenoxy) is 1. The first-order valence-corrected chi connectivity index (χ1v) is 6.08. The van der Waals surface area contributed by atoms with Crippen LogP contribution >= 0.6 is 0 Å². The van der Waals surface area contributed by atoms with Crippen LogP contribution in [-0.2, 0) is 9.53 Å². The first kappa shape index (κ1) is 13.5. The van der Waals surface area contributed by atoms with E-state index in [1.54, 1.807) is 32.9 Å². The van der Waals surface area contributed by atoms with E-state index < -0.39 is 11.7 Å². The van der Waals surface area contributed by atoms with Gasteiger partial charge in [-0.05, 0) is 38.5 Å². The van der Waals surface area contributed by atoms with Gasteiger partial charge in [-0.2, -0.15) is 0 Å². The van der Waals surface area contributed by atoms with Gasteiger partial charge in [0.1, 0.15) is 11.4 Å². The number of β-lactam (4-membered cyclic amide) rings is 1. The van der Waals surface area contributed by atoms with Crippen LogP contribution in [-0.4, -0.2) is 22.5 Å². The number of amides is 2. The van der Waals surface area contributed by atoms with E-state index in [1.807, 2.05) is 0 Å². The Labute approximate surface area is 111 Å². The van der Waals surface area contributed by atoms with Gasteiger partial charge in [-0.1, -0.05) is 12.1 Å². The number of halogens is 1. The van der Waals surface area contributed by atoms with Crippen molar-refractivity contribution in [2.45, 2.75) is 38.8 Å². The Morgan fingerprint density at radius 3 is 2.37 bits per heavy atom. The summed E-state index contributed by atoms with van der Waals surface area (Å²) in [5, 5.41) is 0. The maximum absolute atomic E-state index is 12.9. The minimum absolute atomic E-state index is 0.241. The highest BCUT2D eigenvalue weighted by atomic mass is 19.1. The quantitative estimate of drug-likeness (QED) is 0.733. The predicted molar refractivity (Wildman–Crippen MR) is 66.8 cm³/mol. The third-order valence-corrected chi connectivity index (χ3v) is 2.79. The second kappa shape index (κ2) is 4.64. The van der Waals surface area contributed by atoms with Gasteiger partial charge in [0.15, 0.2) is 0 Å². The molecule has 2 rings (SSSR count). The molecule has 1 heterocycles. The van der Waals surface area contributed by atoms with Crippen LogP contribution in [0.25, 0.3) is 0 Å². The van der Waals surface area contributed by atoms with Crippen LogP contribution in [0.4, 0.5) is 9.18 Å². The third kappa shape index (κ3) is 2.92. The van der Waals surface area contributed by atoms with Crippen LogP contribution in [0.3, 0.4) is 0 Å². The highest BCUT2D eigenvalue weighted by molar-refractivity contribution is 5.98. The topological polar surface area (TPSA) is 46.6 Å². The lowest BCUT2D eigenvalue weighted by atomic mass is 9.94. The summed E-state index contributed by atoms with van der Waals surface area (Å²) in [5.41, 5.74) is 0.0761. The molecule has 1 aromatic carbocycles. The molecule has 2 amide bonds. The van der Waals surface area contributed by atoms with Crippen molar-refractivity contribution in [1.82, 2.24) is 4.90 Å². The number of imide groups is 1. The molecule has 0 bridgehead atoms. The molecule has 0 saturated carbocycles.